The molecule has 2 aromatic carbocycles. The molecule has 0 bridgehead atoms. The number of aliphatic imine (C=N–C) groups is 2. The maximum atomic E-state index is 14.5. The van der Waals surface area contributed by atoms with E-state index in [4.69, 9.17) is 9.47 Å². The number of phenols is 2. The first-order valence-corrected chi connectivity index (χ1v) is 17.5. The molecule has 15 heteroatoms. The predicted octanol–water partition coefficient (Wildman–Crippen LogP) is 1.13. The summed E-state index contributed by atoms with van der Waals surface area (Å²) in [5.41, 5.74) is -0.309. The number of aliphatic carboxylic acids is 1. The Morgan fingerprint density at radius 3 is 2.48 bits per heavy atom. The Bertz CT molecular complexity index is 1850. The van der Waals surface area contributed by atoms with Crippen molar-refractivity contribution in [1.29, 1.82) is 0 Å². The van der Waals surface area contributed by atoms with E-state index in [2.05, 4.69) is 9.98 Å². The lowest BCUT2D eigenvalue weighted by atomic mass is 9.83. The fraction of sp³-hybridized carbons (Fsp3) is 0.514. The third-order valence-electron chi connectivity index (χ3n) is 11.2. The number of aliphatic hydroxyl groups is 5. The van der Waals surface area contributed by atoms with Crippen LogP contribution < -0.4 is 9.64 Å². The van der Waals surface area contributed by atoms with E-state index in [1.807, 2.05) is 0 Å². The Morgan fingerprint density at radius 2 is 1.79 bits per heavy atom. The first-order chi connectivity index (χ1) is 24.8. The van der Waals surface area contributed by atoms with Gasteiger partial charge in [-0.15, -0.1) is 0 Å². The summed E-state index contributed by atoms with van der Waals surface area (Å²) in [7, 11) is 0. The highest BCUT2D eigenvalue weighted by atomic mass is 16.7. The van der Waals surface area contributed by atoms with Crippen molar-refractivity contribution < 1.29 is 59.9 Å². The molecule has 4 aliphatic heterocycles. The third-order valence-corrected chi connectivity index (χ3v) is 11.2. The van der Waals surface area contributed by atoms with Crippen LogP contribution in [0.5, 0.6) is 17.2 Å². The second-order valence-electron chi connectivity index (χ2n) is 14.5. The van der Waals surface area contributed by atoms with Gasteiger partial charge in [-0.05, 0) is 67.5 Å². The van der Waals surface area contributed by atoms with Crippen molar-refractivity contribution in [1.82, 2.24) is 0 Å². The van der Waals surface area contributed by atoms with Crippen LogP contribution >= 0.6 is 0 Å². The van der Waals surface area contributed by atoms with Gasteiger partial charge in [0.1, 0.15) is 42.4 Å². The molecule has 7 rings (SSSR count). The van der Waals surface area contributed by atoms with Gasteiger partial charge in [-0.2, -0.15) is 0 Å². The van der Waals surface area contributed by atoms with E-state index in [1.54, 1.807) is 18.3 Å². The highest BCUT2D eigenvalue weighted by molar-refractivity contribution is 6.32. The molecular weight excluding hydrogens is 678 g/mol. The monoisotopic (exact) mass is 721 g/mol. The Balaban J connectivity index is 1.28. The minimum atomic E-state index is -1.99. The largest absolute Gasteiger partial charge is 0.508 e. The van der Waals surface area contributed by atoms with Crippen molar-refractivity contribution in [3.63, 3.8) is 0 Å². The van der Waals surface area contributed by atoms with Crippen LogP contribution in [-0.2, 0) is 33.6 Å². The van der Waals surface area contributed by atoms with Gasteiger partial charge in [0.2, 0.25) is 5.79 Å². The molecule has 4 heterocycles. The topological polar surface area (TPSA) is 242 Å². The summed E-state index contributed by atoms with van der Waals surface area (Å²) in [5, 5.41) is 85.7. The van der Waals surface area contributed by atoms with Gasteiger partial charge in [0, 0.05) is 42.7 Å². The van der Waals surface area contributed by atoms with Gasteiger partial charge < -0.3 is 50.3 Å². The fourth-order valence-corrected chi connectivity index (χ4v) is 8.37. The number of anilines is 1. The number of hydrogen-bond donors (Lipinski definition) is 8. The number of hydrogen-bond acceptors (Lipinski definition) is 13. The molecule has 2 aromatic rings. The van der Waals surface area contributed by atoms with Crippen LogP contribution in [0.3, 0.4) is 0 Å². The van der Waals surface area contributed by atoms with Crippen molar-refractivity contribution in [2.45, 2.75) is 106 Å². The molecule has 1 saturated carbocycles. The van der Waals surface area contributed by atoms with E-state index < -0.39 is 65.6 Å². The maximum Gasteiger partial charge on any atom is 0.330 e. The van der Waals surface area contributed by atoms with Crippen molar-refractivity contribution in [3.8, 4) is 17.2 Å². The van der Waals surface area contributed by atoms with Gasteiger partial charge in [-0.3, -0.25) is 19.7 Å². The molecule has 15 nitrogen and oxygen atoms in total. The van der Waals surface area contributed by atoms with Gasteiger partial charge in [0.25, 0.3) is 5.91 Å². The Morgan fingerprint density at radius 1 is 1.02 bits per heavy atom. The summed E-state index contributed by atoms with van der Waals surface area (Å²) in [6, 6.07) is 6.10. The first kappa shape index (κ1) is 36.0. The number of ether oxygens (including phenoxy) is 2. The van der Waals surface area contributed by atoms with E-state index in [0.717, 1.165) is 12.8 Å². The van der Waals surface area contributed by atoms with E-state index in [-0.39, 0.29) is 54.9 Å². The minimum Gasteiger partial charge on any atom is -0.508 e. The molecule has 1 amide bonds. The lowest BCUT2D eigenvalue weighted by Crippen LogP contribution is -2.68. The fourth-order valence-electron chi connectivity index (χ4n) is 8.37. The summed E-state index contributed by atoms with van der Waals surface area (Å²) in [5.74, 6) is -4.56. The molecule has 5 aliphatic rings. The van der Waals surface area contributed by atoms with Crippen LogP contribution in [0.15, 0.2) is 40.3 Å². The normalized spacial score (nSPS) is 30.4. The minimum absolute atomic E-state index is 0.0221. The molecule has 2 fully saturated rings. The van der Waals surface area contributed by atoms with Crippen molar-refractivity contribution in [2.24, 2.45) is 9.98 Å². The average Bonchev–Trinajstić information content (AvgIpc) is 3.88. The van der Waals surface area contributed by atoms with E-state index >= 15 is 0 Å². The molecule has 278 valence electrons. The SMILES string of the molecule is O=C(C=Cc1ccc(O)c(CC2=NCN=C2)c1)N1c2c(cc(O)c3c2CCC2(O3)OC(CO)C(O)C(O)C2O)CC1(CCC1(O)CCCC1)C(=O)O. The number of aliphatic hydroxyl groups excluding tert-OH is 4. The Hall–Kier alpha value is -4.38. The second-order valence-corrected chi connectivity index (χ2v) is 14.5. The number of amides is 1. The lowest BCUT2D eigenvalue weighted by molar-refractivity contribution is -0.342. The molecule has 1 aliphatic carbocycles. The number of carboxylic acids is 1. The average molecular weight is 722 g/mol. The zero-order valence-electron chi connectivity index (χ0n) is 28.4. The number of benzene rings is 2. The summed E-state index contributed by atoms with van der Waals surface area (Å²) in [6.07, 6.45) is 0.504. The quantitative estimate of drug-likeness (QED) is 0.170. The molecule has 6 atom stereocenters. The summed E-state index contributed by atoms with van der Waals surface area (Å²) in [6.45, 7) is -0.383. The van der Waals surface area contributed by atoms with Gasteiger partial charge in [0.05, 0.1) is 23.6 Å². The standard InChI is InChI=1S/C37H43N3O12/c41-18-27-30(45)31(46)33(47)37(51-27)10-7-24-29-22(15-26(43)32(24)52-37)16-36(34(48)49,12-11-35(50)8-1-2-9-35)40(29)28(44)6-4-20-3-5-25(42)21(13-20)14-23-17-38-19-39-23/h3-6,13,15,17,27,30-31,33,41-43,45-47,50H,1-2,7-12,14,16,18-19H2,(H,48,49). The van der Waals surface area contributed by atoms with E-state index in [0.29, 0.717) is 48.3 Å². The Kier molecular flexibility index (Phi) is 9.38. The smallest absolute Gasteiger partial charge is 0.330 e. The number of nitrogens with zero attached hydrogens (tertiary/aromatic N) is 3. The number of phenolic OH excluding ortho intramolecular Hbond substituents is 2. The zero-order chi connectivity index (χ0) is 37.0. The van der Waals surface area contributed by atoms with Gasteiger partial charge in [-0.1, -0.05) is 18.9 Å². The van der Waals surface area contributed by atoms with E-state index in [9.17, 15) is 50.4 Å². The lowest BCUT2D eigenvalue weighted by Gasteiger charge is -2.50. The molecule has 1 spiro atoms. The number of carbonyl (C=O) groups excluding carboxylic acids is 1. The van der Waals surface area contributed by atoms with Crippen LogP contribution in [0.4, 0.5) is 5.69 Å². The number of carbonyl (C=O) groups is 2. The molecule has 52 heavy (non-hydrogen) atoms. The third kappa shape index (κ3) is 6.14. The van der Waals surface area contributed by atoms with Crippen molar-refractivity contribution in [2.75, 3.05) is 18.2 Å². The highest BCUT2D eigenvalue weighted by Crippen LogP contribution is 2.55. The predicted molar refractivity (Wildman–Crippen MR) is 186 cm³/mol. The molecule has 6 unspecified atom stereocenters. The number of carboxylic acid groups (broad SMARTS) is 1. The zero-order valence-corrected chi connectivity index (χ0v) is 28.4. The highest BCUT2D eigenvalue weighted by Gasteiger charge is 2.59. The Labute approximate surface area is 298 Å². The van der Waals surface area contributed by atoms with Gasteiger partial charge in [0.15, 0.2) is 11.5 Å². The second kappa shape index (κ2) is 13.5. The number of aromatic hydroxyl groups is 2. The first-order valence-electron chi connectivity index (χ1n) is 17.5. The molecule has 0 aromatic heterocycles. The van der Waals surface area contributed by atoms with Crippen molar-refractivity contribution in [3.05, 3.63) is 52.6 Å². The molecule has 0 radical (unpaired) electrons. The van der Waals surface area contributed by atoms with E-state index in [1.165, 1.54) is 29.2 Å². The molecule has 8 N–H and O–H groups in total. The van der Waals surface area contributed by atoms with Crippen LogP contribution in [0.1, 0.15) is 67.2 Å². The summed E-state index contributed by atoms with van der Waals surface area (Å²) >= 11 is 0. The molecule has 1 saturated heterocycles. The van der Waals surface area contributed by atoms with Crippen LogP contribution in [0.2, 0.25) is 0 Å². The summed E-state index contributed by atoms with van der Waals surface area (Å²) in [4.78, 5) is 37.4. The number of rotatable bonds is 9. The van der Waals surface area contributed by atoms with Crippen molar-refractivity contribution >= 4 is 35.6 Å². The van der Waals surface area contributed by atoms with Gasteiger partial charge >= 0.3 is 5.97 Å². The number of fused-ring (bicyclic) bond motifs is 3. The van der Waals surface area contributed by atoms with Crippen LogP contribution in [-0.4, -0.2) is 119 Å². The molecular formula is C37H43N3O12. The van der Waals surface area contributed by atoms with Crippen LogP contribution in [0, 0.1) is 0 Å². The summed E-state index contributed by atoms with van der Waals surface area (Å²) < 4.78 is 11.9. The van der Waals surface area contributed by atoms with Gasteiger partial charge in [-0.25, -0.2) is 4.79 Å². The maximum absolute atomic E-state index is 14.5. The van der Waals surface area contributed by atoms with Crippen LogP contribution in [0.25, 0.3) is 6.08 Å².